The quantitative estimate of drug-likeness (QED) is 0.500. The Balaban J connectivity index is 1.72. The lowest BCUT2D eigenvalue weighted by Gasteiger charge is -2.28. The van der Waals surface area contributed by atoms with Crippen molar-refractivity contribution in [2.75, 3.05) is 10.6 Å². The summed E-state index contributed by atoms with van der Waals surface area (Å²) in [7, 11) is 0. The van der Waals surface area contributed by atoms with E-state index in [9.17, 15) is 20.0 Å². The fourth-order valence-electron chi connectivity index (χ4n) is 4.65. The van der Waals surface area contributed by atoms with Crippen molar-refractivity contribution in [1.82, 2.24) is 9.55 Å². The highest BCUT2D eigenvalue weighted by atomic mass is 16.3. The van der Waals surface area contributed by atoms with Gasteiger partial charge < -0.3 is 15.0 Å². The van der Waals surface area contributed by atoms with E-state index in [2.05, 4.69) is 23.6 Å². The van der Waals surface area contributed by atoms with E-state index in [1.54, 1.807) is 12.1 Å². The molecule has 3 N–H and O–H groups in total. The number of benzene rings is 2. The second-order valence-corrected chi connectivity index (χ2v) is 8.89. The number of anilines is 2. The van der Waals surface area contributed by atoms with Gasteiger partial charge in [-0.3, -0.25) is 14.9 Å². The molecule has 2 aromatic carbocycles. The minimum atomic E-state index is -0.330. The number of carbonyl (C=O) groups excluding carboxylic acids is 2. The van der Waals surface area contributed by atoms with E-state index in [0.29, 0.717) is 41.1 Å². The molecule has 1 fully saturated rings. The van der Waals surface area contributed by atoms with Crippen molar-refractivity contribution in [2.24, 2.45) is 0 Å². The summed E-state index contributed by atoms with van der Waals surface area (Å²) < 4.78 is 2.03. The summed E-state index contributed by atoms with van der Waals surface area (Å²) in [5.74, 6) is -0.0847. The third kappa shape index (κ3) is 5.10. The molecule has 0 unspecified atom stereocenters. The van der Waals surface area contributed by atoms with Crippen LogP contribution in [-0.2, 0) is 11.2 Å². The van der Waals surface area contributed by atoms with Crippen LogP contribution in [-0.4, -0.2) is 32.6 Å². The number of nitrogens with zero attached hydrogens (tertiary/aromatic N) is 3. The van der Waals surface area contributed by atoms with Gasteiger partial charge in [0, 0.05) is 24.2 Å². The molecule has 3 aromatic rings. The Morgan fingerprint density at radius 1 is 1.15 bits per heavy atom. The average molecular weight is 460 g/mol. The SMILES string of the molecule is CCCc1cc(C#N)cc(C(=O)Nc2nc3cc(NC(C)=O)ccc3n2C2CCC(O)CC2)c1. The van der Waals surface area contributed by atoms with Crippen LogP contribution in [0, 0.1) is 11.3 Å². The van der Waals surface area contributed by atoms with Crippen molar-refractivity contribution in [3.63, 3.8) is 0 Å². The fraction of sp³-hybridized carbons (Fsp3) is 0.385. The van der Waals surface area contributed by atoms with Crippen molar-refractivity contribution in [2.45, 2.75) is 64.5 Å². The van der Waals surface area contributed by atoms with Gasteiger partial charge in [-0.2, -0.15) is 5.26 Å². The van der Waals surface area contributed by atoms with Crippen LogP contribution in [0.2, 0.25) is 0 Å². The molecule has 176 valence electrons. The summed E-state index contributed by atoms with van der Waals surface area (Å²) in [6, 6.07) is 12.9. The highest BCUT2D eigenvalue weighted by Gasteiger charge is 2.26. The lowest BCUT2D eigenvalue weighted by molar-refractivity contribution is -0.114. The van der Waals surface area contributed by atoms with E-state index in [1.807, 2.05) is 28.8 Å². The third-order valence-electron chi connectivity index (χ3n) is 6.19. The van der Waals surface area contributed by atoms with Crippen LogP contribution < -0.4 is 10.6 Å². The molecule has 0 bridgehead atoms. The second-order valence-electron chi connectivity index (χ2n) is 8.89. The number of hydrogen-bond donors (Lipinski definition) is 3. The first-order chi connectivity index (χ1) is 16.4. The van der Waals surface area contributed by atoms with E-state index < -0.39 is 0 Å². The zero-order valence-corrected chi connectivity index (χ0v) is 19.5. The number of imidazole rings is 1. The van der Waals surface area contributed by atoms with Crippen molar-refractivity contribution < 1.29 is 14.7 Å². The molecule has 1 heterocycles. The average Bonchev–Trinajstić information content (AvgIpc) is 3.16. The van der Waals surface area contributed by atoms with E-state index >= 15 is 0 Å². The van der Waals surface area contributed by atoms with Gasteiger partial charge in [0.2, 0.25) is 11.9 Å². The topological polar surface area (TPSA) is 120 Å². The molecule has 8 nitrogen and oxygen atoms in total. The molecular formula is C26H29N5O3. The van der Waals surface area contributed by atoms with Gasteiger partial charge in [-0.25, -0.2) is 4.98 Å². The Labute approximate surface area is 198 Å². The number of fused-ring (bicyclic) bond motifs is 1. The second kappa shape index (κ2) is 10.1. The van der Waals surface area contributed by atoms with Crippen LogP contribution in [0.5, 0.6) is 0 Å². The first kappa shape index (κ1) is 23.5. The van der Waals surface area contributed by atoms with E-state index in [1.165, 1.54) is 6.92 Å². The van der Waals surface area contributed by atoms with Crippen LogP contribution in [0.3, 0.4) is 0 Å². The number of aryl methyl sites for hydroxylation is 1. The Kier molecular flexibility index (Phi) is 6.94. The minimum absolute atomic E-state index is 0.0800. The van der Waals surface area contributed by atoms with Crippen molar-refractivity contribution >= 4 is 34.5 Å². The molecule has 34 heavy (non-hydrogen) atoms. The van der Waals surface area contributed by atoms with Crippen molar-refractivity contribution in [3.05, 3.63) is 53.1 Å². The fourth-order valence-corrected chi connectivity index (χ4v) is 4.65. The summed E-state index contributed by atoms with van der Waals surface area (Å²) >= 11 is 0. The number of hydrogen-bond acceptors (Lipinski definition) is 5. The Bertz CT molecular complexity index is 1270. The van der Waals surface area contributed by atoms with Crippen LogP contribution in [0.4, 0.5) is 11.6 Å². The maximum Gasteiger partial charge on any atom is 0.258 e. The number of aliphatic hydroxyl groups excluding tert-OH is 1. The molecule has 1 aliphatic carbocycles. The van der Waals surface area contributed by atoms with Crippen LogP contribution in [0.1, 0.15) is 73.5 Å². The number of amides is 2. The Morgan fingerprint density at radius 3 is 2.59 bits per heavy atom. The number of nitrogens with one attached hydrogen (secondary N) is 2. The molecule has 4 rings (SSSR count). The minimum Gasteiger partial charge on any atom is -0.393 e. The molecule has 0 aliphatic heterocycles. The molecule has 0 spiro atoms. The third-order valence-corrected chi connectivity index (χ3v) is 6.19. The maximum atomic E-state index is 13.2. The predicted octanol–water partition coefficient (Wildman–Crippen LogP) is 4.55. The molecule has 1 saturated carbocycles. The first-order valence-electron chi connectivity index (χ1n) is 11.7. The Morgan fingerprint density at radius 2 is 1.91 bits per heavy atom. The smallest absolute Gasteiger partial charge is 0.258 e. The van der Waals surface area contributed by atoms with Crippen LogP contribution >= 0.6 is 0 Å². The monoisotopic (exact) mass is 459 g/mol. The molecule has 0 atom stereocenters. The van der Waals surface area contributed by atoms with Gasteiger partial charge in [-0.15, -0.1) is 0 Å². The number of nitriles is 1. The molecular weight excluding hydrogens is 430 g/mol. The number of aliphatic hydroxyl groups is 1. The lowest BCUT2D eigenvalue weighted by Crippen LogP contribution is -2.24. The zero-order chi connectivity index (χ0) is 24.2. The van der Waals surface area contributed by atoms with E-state index in [0.717, 1.165) is 36.8 Å². The van der Waals surface area contributed by atoms with Gasteiger partial charge in [-0.05, 0) is 74.1 Å². The number of aromatic nitrogens is 2. The van der Waals surface area contributed by atoms with Gasteiger partial charge in [0.05, 0.1) is 28.8 Å². The highest BCUT2D eigenvalue weighted by Crippen LogP contribution is 2.35. The lowest BCUT2D eigenvalue weighted by atomic mass is 9.93. The van der Waals surface area contributed by atoms with Gasteiger partial charge in [0.15, 0.2) is 0 Å². The van der Waals surface area contributed by atoms with Crippen molar-refractivity contribution in [1.29, 1.82) is 5.26 Å². The van der Waals surface area contributed by atoms with Crippen LogP contribution in [0.25, 0.3) is 11.0 Å². The number of carbonyl (C=O) groups is 2. The van der Waals surface area contributed by atoms with Gasteiger partial charge in [0.1, 0.15) is 0 Å². The summed E-state index contributed by atoms with van der Waals surface area (Å²) in [6.07, 6.45) is 4.31. The van der Waals surface area contributed by atoms with Gasteiger partial charge in [-0.1, -0.05) is 13.3 Å². The Hall–Kier alpha value is -3.70. The van der Waals surface area contributed by atoms with E-state index in [4.69, 9.17) is 4.98 Å². The maximum absolute atomic E-state index is 13.2. The molecule has 1 aromatic heterocycles. The summed E-state index contributed by atoms with van der Waals surface area (Å²) in [4.78, 5) is 29.4. The largest absolute Gasteiger partial charge is 0.393 e. The summed E-state index contributed by atoms with van der Waals surface area (Å²) in [6.45, 7) is 3.50. The number of rotatable bonds is 6. The predicted molar refractivity (Wildman–Crippen MR) is 131 cm³/mol. The molecule has 0 saturated heterocycles. The zero-order valence-electron chi connectivity index (χ0n) is 19.5. The van der Waals surface area contributed by atoms with Crippen LogP contribution in [0.15, 0.2) is 36.4 Å². The first-order valence-corrected chi connectivity index (χ1v) is 11.7. The van der Waals surface area contributed by atoms with Crippen molar-refractivity contribution in [3.8, 4) is 6.07 Å². The standard InChI is InChI=1S/C26H29N5O3/c1-3-4-17-11-18(15-27)13-19(12-17)25(34)30-26-29-23-14-20(28-16(2)32)5-10-24(23)31(26)21-6-8-22(33)9-7-21/h5,10-14,21-22,33H,3-4,6-9H2,1-2H3,(H,28,32)(H,29,30,34). The molecule has 8 heteroatoms. The highest BCUT2D eigenvalue weighted by molar-refractivity contribution is 6.04. The van der Waals surface area contributed by atoms with Gasteiger partial charge >= 0.3 is 0 Å². The summed E-state index contributed by atoms with van der Waals surface area (Å²) in [5.41, 5.74) is 3.95. The molecule has 1 aliphatic rings. The normalized spacial score (nSPS) is 17.8. The van der Waals surface area contributed by atoms with E-state index in [-0.39, 0.29) is 24.0 Å². The molecule has 2 amide bonds. The molecule has 0 radical (unpaired) electrons. The van der Waals surface area contributed by atoms with Gasteiger partial charge in [0.25, 0.3) is 5.91 Å². The summed E-state index contributed by atoms with van der Waals surface area (Å²) in [5, 5.41) is 25.1.